The Kier molecular flexibility index (Phi) is 2.39. The minimum absolute atomic E-state index is 0.0800. The highest BCUT2D eigenvalue weighted by molar-refractivity contribution is 7.86. The Bertz CT molecular complexity index is 284. The smallest absolute Gasteiger partial charge is 0.264 e. The number of hydrogen-bond acceptors (Lipinski definition) is 4. The second-order valence-corrected chi connectivity index (χ2v) is 4.50. The summed E-state index contributed by atoms with van der Waals surface area (Å²) in [6, 6.07) is 0. The van der Waals surface area contributed by atoms with Gasteiger partial charge < -0.3 is 4.90 Å². The van der Waals surface area contributed by atoms with Crippen molar-refractivity contribution in [3.05, 3.63) is 0 Å². The van der Waals surface area contributed by atoms with Crippen molar-refractivity contribution in [2.45, 2.75) is 12.5 Å². The average molecular weight is 193 g/mol. The van der Waals surface area contributed by atoms with Crippen LogP contribution in [0.5, 0.6) is 0 Å². The number of carbonyl (C=O) groups is 1. The Hall–Kier alpha value is -0.620. The second-order valence-electron chi connectivity index (χ2n) is 2.90. The van der Waals surface area contributed by atoms with Crippen molar-refractivity contribution >= 4 is 16.0 Å². The SMILES string of the molecule is CN1C[C@H](OS(C)(=O)=O)CC1=O. The predicted molar refractivity (Wildman–Crippen MR) is 42.0 cm³/mol. The van der Waals surface area contributed by atoms with Crippen LogP contribution >= 0.6 is 0 Å². The molecule has 0 radical (unpaired) electrons. The van der Waals surface area contributed by atoms with E-state index in [0.29, 0.717) is 6.54 Å². The standard InChI is InChI=1S/C6H11NO4S/c1-7-4-5(3-6(7)8)11-12(2,9)10/h5H,3-4H2,1-2H3/t5-/m1/s1. The second kappa shape index (κ2) is 3.02. The first kappa shape index (κ1) is 9.47. The maximum atomic E-state index is 10.9. The molecule has 1 amide bonds. The van der Waals surface area contributed by atoms with Gasteiger partial charge in [-0.25, -0.2) is 0 Å². The first-order valence-electron chi connectivity index (χ1n) is 3.51. The average Bonchev–Trinajstić information content (AvgIpc) is 2.07. The molecule has 1 fully saturated rings. The van der Waals surface area contributed by atoms with Gasteiger partial charge in [-0.2, -0.15) is 8.42 Å². The van der Waals surface area contributed by atoms with Crippen molar-refractivity contribution in [1.29, 1.82) is 0 Å². The zero-order valence-corrected chi connectivity index (χ0v) is 7.80. The third-order valence-corrected chi connectivity index (χ3v) is 2.24. The number of likely N-dealkylation sites (N-methyl/N-ethyl adjacent to an activating group) is 1. The van der Waals surface area contributed by atoms with E-state index in [4.69, 9.17) is 0 Å². The van der Waals surface area contributed by atoms with Gasteiger partial charge in [0.1, 0.15) is 6.10 Å². The van der Waals surface area contributed by atoms with E-state index in [0.717, 1.165) is 6.26 Å². The van der Waals surface area contributed by atoms with Crippen LogP contribution in [0.2, 0.25) is 0 Å². The molecule has 12 heavy (non-hydrogen) atoms. The van der Waals surface area contributed by atoms with E-state index < -0.39 is 16.2 Å². The molecule has 0 spiro atoms. The molecule has 1 atom stereocenters. The lowest BCUT2D eigenvalue weighted by Gasteiger charge is -2.08. The third kappa shape index (κ3) is 2.46. The van der Waals surface area contributed by atoms with Crippen LogP contribution in [0.25, 0.3) is 0 Å². The van der Waals surface area contributed by atoms with E-state index in [1.165, 1.54) is 4.90 Å². The van der Waals surface area contributed by atoms with Crippen LogP contribution in [0.3, 0.4) is 0 Å². The van der Waals surface area contributed by atoms with Crippen molar-refractivity contribution in [2.24, 2.45) is 0 Å². The van der Waals surface area contributed by atoms with Gasteiger partial charge in [-0.15, -0.1) is 0 Å². The molecule has 0 aliphatic carbocycles. The van der Waals surface area contributed by atoms with Gasteiger partial charge in [-0.05, 0) is 0 Å². The van der Waals surface area contributed by atoms with Crippen LogP contribution in [0.4, 0.5) is 0 Å². The summed E-state index contributed by atoms with van der Waals surface area (Å²) in [6.07, 6.45) is 0.636. The maximum absolute atomic E-state index is 10.9. The van der Waals surface area contributed by atoms with Crippen molar-refractivity contribution in [3.8, 4) is 0 Å². The number of carbonyl (C=O) groups excluding carboxylic acids is 1. The predicted octanol–water partition coefficient (Wildman–Crippen LogP) is -0.807. The number of nitrogens with zero attached hydrogens (tertiary/aromatic N) is 1. The fourth-order valence-electron chi connectivity index (χ4n) is 1.13. The molecule has 1 saturated heterocycles. The van der Waals surface area contributed by atoms with Gasteiger partial charge in [-0.3, -0.25) is 8.98 Å². The van der Waals surface area contributed by atoms with Gasteiger partial charge in [0, 0.05) is 13.6 Å². The zero-order chi connectivity index (χ0) is 9.35. The summed E-state index contributed by atoms with van der Waals surface area (Å²) in [5.74, 6) is -0.0800. The highest BCUT2D eigenvalue weighted by Crippen LogP contribution is 2.13. The van der Waals surface area contributed by atoms with Gasteiger partial charge >= 0.3 is 0 Å². The summed E-state index contributed by atoms with van der Waals surface area (Å²) in [6.45, 7) is 0.353. The molecule has 0 aromatic heterocycles. The van der Waals surface area contributed by atoms with Crippen LogP contribution in [-0.2, 0) is 19.1 Å². The largest absolute Gasteiger partial charge is 0.343 e. The number of hydrogen-bond donors (Lipinski definition) is 0. The van der Waals surface area contributed by atoms with Crippen LogP contribution in [0.15, 0.2) is 0 Å². The van der Waals surface area contributed by atoms with E-state index >= 15 is 0 Å². The topological polar surface area (TPSA) is 63.7 Å². The molecular weight excluding hydrogens is 182 g/mol. The van der Waals surface area contributed by atoms with Crippen molar-refractivity contribution < 1.29 is 17.4 Å². The Morgan fingerprint density at radius 3 is 2.50 bits per heavy atom. The molecule has 1 rings (SSSR count). The molecule has 0 aromatic rings. The Balaban J connectivity index is 2.54. The van der Waals surface area contributed by atoms with E-state index in [2.05, 4.69) is 4.18 Å². The molecule has 0 aromatic carbocycles. The highest BCUT2D eigenvalue weighted by Gasteiger charge is 2.29. The maximum Gasteiger partial charge on any atom is 0.264 e. The fraction of sp³-hybridized carbons (Fsp3) is 0.833. The van der Waals surface area contributed by atoms with Crippen LogP contribution in [-0.4, -0.2) is 45.2 Å². The lowest BCUT2D eigenvalue weighted by molar-refractivity contribution is -0.126. The molecule has 1 aliphatic heterocycles. The van der Waals surface area contributed by atoms with E-state index in [-0.39, 0.29) is 12.3 Å². The molecule has 0 saturated carbocycles. The Morgan fingerprint density at radius 2 is 2.17 bits per heavy atom. The summed E-state index contributed by atoms with van der Waals surface area (Å²) >= 11 is 0. The van der Waals surface area contributed by atoms with Crippen molar-refractivity contribution in [2.75, 3.05) is 19.8 Å². The van der Waals surface area contributed by atoms with Crippen molar-refractivity contribution in [3.63, 3.8) is 0 Å². The number of likely N-dealkylation sites (tertiary alicyclic amines) is 1. The van der Waals surface area contributed by atoms with Crippen molar-refractivity contribution in [1.82, 2.24) is 4.90 Å². The summed E-state index contributed by atoms with van der Waals surface area (Å²) in [5.41, 5.74) is 0. The quantitative estimate of drug-likeness (QED) is 0.538. The molecule has 0 bridgehead atoms. The van der Waals surface area contributed by atoms with E-state index in [1.54, 1.807) is 7.05 Å². The van der Waals surface area contributed by atoms with Crippen LogP contribution in [0.1, 0.15) is 6.42 Å². The normalized spacial score (nSPS) is 25.0. The van der Waals surface area contributed by atoms with Gasteiger partial charge in [0.15, 0.2) is 0 Å². The molecule has 70 valence electrons. The van der Waals surface area contributed by atoms with Crippen LogP contribution in [0, 0.1) is 0 Å². The summed E-state index contributed by atoms with van der Waals surface area (Å²) in [4.78, 5) is 12.4. The molecule has 1 heterocycles. The lowest BCUT2D eigenvalue weighted by atomic mass is 10.3. The molecule has 0 N–H and O–H groups in total. The monoisotopic (exact) mass is 193 g/mol. The molecular formula is C6H11NO4S. The first-order chi connectivity index (χ1) is 5.38. The van der Waals surface area contributed by atoms with Gasteiger partial charge in [0.05, 0.1) is 12.7 Å². The van der Waals surface area contributed by atoms with Gasteiger partial charge in [0.2, 0.25) is 5.91 Å². The van der Waals surface area contributed by atoms with E-state index in [1.807, 2.05) is 0 Å². The summed E-state index contributed by atoms with van der Waals surface area (Å²) in [5, 5.41) is 0. The molecule has 0 unspecified atom stereocenters. The van der Waals surface area contributed by atoms with Gasteiger partial charge in [0.25, 0.3) is 10.1 Å². The molecule has 6 heteroatoms. The summed E-state index contributed by atoms with van der Waals surface area (Å²) in [7, 11) is -1.81. The third-order valence-electron chi connectivity index (χ3n) is 1.62. The van der Waals surface area contributed by atoms with Crippen LogP contribution < -0.4 is 0 Å². The number of rotatable bonds is 2. The minimum atomic E-state index is -3.43. The molecule has 1 aliphatic rings. The first-order valence-corrected chi connectivity index (χ1v) is 5.32. The van der Waals surface area contributed by atoms with Gasteiger partial charge in [-0.1, -0.05) is 0 Å². The Labute approximate surface area is 71.4 Å². The summed E-state index contributed by atoms with van der Waals surface area (Å²) < 4.78 is 25.9. The molecule has 5 nitrogen and oxygen atoms in total. The highest BCUT2D eigenvalue weighted by atomic mass is 32.2. The van der Waals surface area contributed by atoms with E-state index in [9.17, 15) is 13.2 Å². The zero-order valence-electron chi connectivity index (χ0n) is 6.98. The minimum Gasteiger partial charge on any atom is -0.343 e. The lowest BCUT2D eigenvalue weighted by Crippen LogP contribution is -2.22. The fourth-order valence-corrected chi connectivity index (χ4v) is 1.76. The Morgan fingerprint density at radius 1 is 1.58 bits per heavy atom. The number of amides is 1.